The summed E-state index contributed by atoms with van der Waals surface area (Å²) in [6, 6.07) is 16.6. The third-order valence-corrected chi connectivity index (χ3v) is 9.12. The molecular formula is C20H26N2OS3. The topological polar surface area (TPSA) is 26.7 Å². The molecule has 1 N–H and O–H groups in total. The maximum absolute atomic E-state index is 12.0. The molecule has 0 aromatic heterocycles. The first-order chi connectivity index (χ1) is 12.4. The predicted octanol–water partition coefficient (Wildman–Crippen LogP) is 4.51. The van der Waals surface area contributed by atoms with Crippen molar-refractivity contribution in [3.63, 3.8) is 0 Å². The first kappa shape index (κ1) is 19.8. The van der Waals surface area contributed by atoms with Crippen molar-refractivity contribution < 1.29 is 5.11 Å². The van der Waals surface area contributed by atoms with Crippen molar-refractivity contribution in [3.8, 4) is 0 Å². The van der Waals surface area contributed by atoms with Gasteiger partial charge in [-0.3, -0.25) is 0 Å². The highest BCUT2D eigenvalue weighted by molar-refractivity contribution is 8.32. The van der Waals surface area contributed by atoms with Gasteiger partial charge in [-0.25, -0.2) is 0 Å². The summed E-state index contributed by atoms with van der Waals surface area (Å²) < 4.78 is 0.0826. The van der Waals surface area contributed by atoms with Crippen LogP contribution in [-0.2, 0) is 5.60 Å². The second-order valence-corrected chi connectivity index (χ2v) is 11.0. The molecule has 140 valence electrons. The number of benzene rings is 2. The van der Waals surface area contributed by atoms with E-state index >= 15 is 0 Å². The van der Waals surface area contributed by atoms with Gasteiger partial charge in [-0.15, -0.1) is 35.3 Å². The lowest BCUT2D eigenvalue weighted by molar-refractivity contribution is 0.0993. The van der Waals surface area contributed by atoms with Gasteiger partial charge in [0.2, 0.25) is 0 Å². The lowest BCUT2D eigenvalue weighted by Gasteiger charge is -2.38. The zero-order chi connectivity index (χ0) is 18.7. The normalized spacial score (nSPS) is 15.7. The molecule has 2 aromatic carbocycles. The Morgan fingerprint density at radius 2 is 1.15 bits per heavy atom. The number of thioether (sulfide) groups is 3. The zero-order valence-corrected chi connectivity index (χ0v) is 18.1. The van der Waals surface area contributed by atoms with Crippen molar-refractivity contribution in [2.75, 3.05) is 48.2 Å². The van der Waals surface area contributed by atoms with E-state index in [4.69, 9.17) is 0 Å². The third kappa shape index (κ3) is 3.98. The molecule has 1 heterocycles. The van der Waals surface area contributed by atoms with Crippen molar-refractivity contribution >= 4 is 46.7 Å². The minimum Gasteiger partial charge on any atom is -0.378 e. The van der Waals surface area contributed by atoms with Crippen LogP contribution in [0.15, 0.2) is 48.5 Å². The number of hydrogen-bond acceptors (Lipinski definition) is 6. The summed E-state index contributed by atoms with van der Waals surface area (Å²) in [5.41, 5.74) is 3.18. The second-order valence-electron chi connectivity index (χ2n) is 6.75. The quantitative estimate of drug-likeness (QED) is 0.785. The van der Waals surface area contributed by atoms with Crippen LogP contribution >= 0.6 is 35.3 Å². The molecule has 1 fully saturated rings. The molecule has 0 radical (unpaired) electrons. The summed E-state index contributed by atoms with van der Waals surface area (Å²) in [5, 5.41) is 14.0. The summed E-state index contributed by atoms with van der Waals surface area (Å²) in [4.78, 5) is 4.16. The number of aliphatic hydroxyl groups is 1. The molecular weight excluding hydrogens is 380 g/mol. The standard InChI is InChI=1S/C20H26N2OS3/c1-21(2)17-9-5-15(6-10-17)20(23,19-25-13-24-14-26-19)16-7-11-18(12-8-16)22(3)4/h5-12,19,23H,13-14H2,1-4H3. The summed E-state index contributed by atoms with van der Waals surface area (Å²) >= 11 is 5.59. The highest BCUT2D eigenvalue weighted by atomic mass is 32.3. The molecule has 3 nitrogen and oxygen atoms in total. The van der Waals surface area contributed by atoms with E-state index in [1.807, 2.05) is 63.5 Å². The molecule has 3 rings (SSSR count). The first-order valence-corrected chi connectivity index (χ1v) is 11.8. The Morgan fingerprint density at radius 1 is 0.769 bits per heavy atom. The molecule has 1 aliphatic heterocycles. The van der Waals surface area contributed by atoms with Crippen LogP contribution in [0, 0.1) is 0 Å². The molecule has 0 aliphatic carbocycles. The van der Waals surface area contributed by atoms with Crippen LogP contribution < -0.4 is 9.80 Å². The molecule has 0 bridgehead atoms. The SMILES string of the molecule is CN(C)c1ccc(C(O)(c2ccc(N(C)C)cc2)C2SCSCS2)cc1. The molecule has 1 saturated heterocycles. The maximum atomic E-state index is 12.0. The predicted molar refractivity (Wildman–Crippen MR) is 121 cm³/mol. The van der Waals surface area contributed by atoms with Crippen LogP contribution in [0.4, 0.5) is 11.4 Å². The Labute approximate surface area is 169 Å². The Balaban J connectivity index is 2.03. The Bertz CT molecular complexity index is 659. The van der Waals surface area contributed by atoms with Gasteiger partial charge in [0.05, 0.1) is 4.58 Å². The van der Waals surface area contributed by atoms with E-state index in [0.717, 1.165) is 32.7 Å². The van der Waals surface area contributed by atoms with Crippen molar-refractivity contribution in [1.29, 1.82) is 0 Å². The van der Waals surface area contributed by atoms with Crippen LogP contribution in [0.1, 0.15) is 11.1 Å². The Kier molecular flexibility index (Phi) is 6.38. The number of anilines is 2. The summed E-state index contributed by atoms with van der Waals surface area (Å²) in [6.07, 6.45) is 0. The minimum atomic E-state index is -1.01. The van der Waals surface area contributed by atoms with Gasteiger partial charge in [0, 0.05) is 49.7 Å². The molecule has 0 spiro atoms. The fraction of sp³-hybridized carbons (Fsp3) is 0.400. The van der Waals surface area contributed by atoms with Gasteiger partial charge in [-0.05, 0) is 35.4 Å². The van der Waals surface area contributed by atoms with E-state index in [0.29, 0.717) is 0 Å². The minimum absolute atomic E-state index is 0.0826. The molecule has 6 heteroatoms. The summed E-state index contributed by atoms with van der Waals surface area (Å²) in [7, 11) is 8.13. The average molecular weight is 407 g/mol. The summed E-state index contributed by atoms with van der Waals surface area (Å²) in [5.74, 6) is 0. The molecule has 0 amide bonds. The first-order valence-electron chi connectivity index (χ1n) is 8.52. The van der Waals surface area contributed by atoms with E-state index in [-0.39, 0.29) is 4.58 Å². The fourth-order valence-corrected chi connectivity index (χ4v) is 8.06. The van der Waals surface area contributed by atoms with Crippen molar-refractivity contribution in [2.24, 2.45) is 0 Å². The molecule has 0 atom stereocenters. The largest absolute Gasteiger partial charge is 0.378 e. The van der Waals surface area contributed by atoms with Crippen LogP contribution in [0.2, 0.25) is 0 Å². The van der Waals surface area contributed by atoms with Gasteiger partial charge in [0.15, 0.2) is 0 Å². The van der Waals surface area contributed by atoms with Gasteiger partial charge in [0.25, 0.3) is 0 Å². The Morgan fingerprint density at radius 3 is 1.50 bits per heavy atom. The molecule has 1 aliphatic rings. The van der Waals surface area contributed by atoms with E-state index in [1.165, 1.54) is 0 Å². The van der Waals surface area contributed by atoms with Crippen molar-refractivity contribution in [2.45, 2.75) is 10.2 Å². The van der Waals surface area contributed by atoms with Crippen molar-refractivity contribution in [1.82, 2.24) is 0 Å². The van der Waals surface area contributed by atoms with Crippen LogP contribution in [-0.4, -0.2) is 48.0 Å². The average Bonchev–Trinajstić information content (AvgIpc) is 2.68. The third-order valence-electron chi connectivity index (χ3n) is 4.59. The smallest absolute Gasteiger partial charge is 0.136 e. The highest BCUT2D eigenvalue weighted by Crippen LogP contribution is 2.49. The van der Waals surface area contributed by atoms with Gasteiger partial charge in [-0.2, -0.15) is 0 Å². The van der Waals surface area contributed by atoms with E-state index in [2.05, 4.69) is 58.3 Å². The van der Waals surface area contributed by atoms with Crippen LogP contribution in [0.3, 0.4) is 0 Å². The Hall–Kier alpha value is -0.950. The molecule has 26 heavy (non-hydrogen) atoms. The van der Waals surface area contributed by atoms with E-state index in [1.54, 1.807) is 0 Å². The molecule has 0 saturated carbocycles. The molecule has 2 aromatic rings. The van der Waals surface area contributed by atoms with Crippen LogP contribution in [0.5, 0.6) is 0 Å². The van der Waals surface area contributed by atoms with Gasteiger partial charge >= 0.3 is 0 Å². The molecule has 0 unspecified atom stereocenters. The van der Waals surface area contributed by atoms with E-state index < -0.39 is 5.60 Å². The monoisotopic (exact) mass is 406 g/mol. The number of hydrogen-bond donors (Lipinski definition) is 1. The van der Waals surface area contributed by atoms with Gasteiger partial charge in [-0.1, -0.05) is 24.3 Å². The number of nitrogens with zero attached hydrogens (tertiary/aromatic N) is 2. The highest BCUT2D eigenvalue weighted by Gasteiger charge is 2.42. The lowest BCUT2D eigenvalue weighted by Crippen LogP contribution is -2.38. The fourth-order valence-electron chi connectivity index (χ4n) is 3.01. The zero-order valence-electron chi connectivity index (χ0n) is 15.7. The second kappa shape index (κ2) is 8.38. The van der Waals surface area contributed by atoms with Gasteiger partial charge < -0.3 is 14.9 Å². The van der Waals surface area contributed by atoms with Gasteiger partial charge in [0.1, 0.15) is 5.60 Å². The van der Waals surface area contributed by atoms with Crippen LogP contribution in [0.25, 0.3) is 0 Å². The number of rotatable bonds is 5. The summed E-state index contributed by atoms with van der Waals surface area (Å²) in [6.45, 7) is 0. The van der Waals surface area contributed by atoms with E-state index in [9.17, 15) is 5.11 Å². The lowest BCUT2D eigenvalue weighted by atomic mass is 9.87. The maximum Gasteiger partial charge on any atom is 0.136 e. The van der Waals surface area contributed by atoms with Crippen molar-refractivity contribution in [3.05, 3.63) is 59.7 Å².